The molecule has 3 aromatic rings. The summed E-state index contributed by atoms with van der Waals surface area (Å²) in [6.07, 6.45) is 0. The summed E-state index contributed by atoms with van der Waals surface area (Å²) in [4.78, 5) is 14.9. The molecule has 2 aromatic carbocycles. The first-order chi connectivity index (χ1) is 8.97. The van der Waals surface area contributed by atoms with E-state index in [4.69, 9.17) is 11.5 Å². The van der Waals surface area contributed by atoms with Gasteiger partial charge in [0.25, 0.3) is 5.56 Å². The summed E-state index contributed by atoms with van der Waals surface area (Å²) in [7, 11) is 0. The summed E-state index contributed by atoms with van der Waals surface area (Å²) in [6, 6.07) is 7.16. The molecule has 1 aromatic heterocycles. The van der Waals surface area contributed by atoms with Crippen LogP contribution >= 0.6 is 31.9 Å². The number of benzene rings is 2. The van der Waals surface area contributed by atoms with Gasteiger partial charge >= 0.3 is 0 Å². The van der Waals surface area contributed by atoms with Crippen LogP contribution in [0.3, 0.4) is 0 Å². The first-order valence-corrected chi connectivity index (χ1v) is 7.05. The number of nitrogens with two attached hydrogens (primary N) is 2. The Morgan fingerprint density at radius 1 is 0.842 bits per heavy atom. The predicted octanol–water partition coefficient (Wildman–Crippen LogP) is 3.37. The number of nitrogens with one attached hydrogen (secondary N) is 1. The molecule has 0 unspecified atom stereocenters. The van der Waals surface area contributed by atoms with Gasteiger partial charge in [0, 0.05) is 31.1 Å². The van der Waals surface area contributed by atoms with Crippen molar-refractivity contribution in [1.29, 1.82) is 0 Å². The molecule has 0 bridgehead atoms. The number of halogens is 2. The zero-order valence-corrected chi connectivity index (χ0v) is 12.8. The lowest BCUT2D eigenvalue weighted by Crippen LogP contribution is -2.07. The van der Waals surface area contributed by atoms with E-state index in [0.29, 0.717) is 22.3 Å². The molecule has 0 saturated heterocycles. The third kappa shape index (κ3) is 1.91. The second kappa shape index (κ2) is 4.25. The molecule has 96 valence electrons. The third-order valence-corrected chi connectivity index (χ3v) is 4.43. The van der Waals surface area contributed by atoms with Gasteiger partial charge in [-0.05, 0) is 61.5 Å². The first-order valence-electron chi connectivity index (χ1n) is 5.47. The van der Waals surface area contributed by atoms with Crippen LogP contribution < -0.4 is 17.0 Å². The van der Waals surface area contributed by atoms with Crippen molar-refractivity contribution in [1.82, 2.24) is 4.98 Å². The number of hydrogen-bond acceptors (Lipinski definition) is 3. The van der Waals surface area contributed by atoms with E-state index in [1.165, 1.54) is 0 Å². The molecule has 0 radical (unpaired) electrons. The minimum absolute atomic E-state index is 0.177. The number of fused-ring (bicyclic) bond motifs is 3. The van der Waals surface area contributed by atoms with Gasteiger partial charge in [-0.1, -0.05) is 0 Å². The van der Waals surface area contributed by atoms with Gasteiger partial charge < -0.3 is 16.5 Å². The molecule has 0 atom stereocenters. The maximum atomic E-state index is 12.1. The highest BCUT2D eigenvalue weighted by Gasteiger charge is 2.09. The van der Waals surface area contributed by atoms with Crippen LogP contribution in [0.5, 0.6) is 0 Å². The molecule has 1 heterocycles. The number of rotatable bonds is 0. The molecule has 0 aliphatic carbocycles. The normalized spacial score (nSPS) is 11.3. The van der Waals surface area contributed by atoms with Crippen molar-refractivity contribution in [2.45, 2.75) is 0 Å². The summed E-state index contributed by atoms with van der Waals surface area (Å²) >= 11 is 6.79. The lowest BCUT2D eigenvalue weighted by Gasteiger charge is -2.08. The van der Waals surface area contributed by atoms with Crippen LogP contribution in [-0.4, -0.2) is 4.98 Å². The van der Waals surface area contributed by atoms with E-state index in [2.05, 4.69) is 36.8 Å². The number of hydrogen-bond donors (Lipinski definition) is 3. The zero-order chi connectivity index (χ0) is 13.7. The van der Waals surface area contributed by atoms with Crippen molar-refractivity contribution in [3.63, 3.8) is 0 Å². The number of anilines is 2. The average molecular weight is 383 g/mol. The Kier molecular flexibility index (Phi) is 2.79. The summed E-state index contributed by atoms with van der Waals surface area (Å²) in [5, 5.41) is 2.31. The maximum absolute atomic E-state index is 12.1. The second-order valence-corrected chi connectivity index (χ2v) is 6.00. The molecular formula is C13H9Br2N3O. The van der Waals surface area contributed by atoms with Crippen molar-refractivity contribution in [3.8, 4) is 0 Å². The molecule has 0 fully saturated rings. The van der Waals surface area contributed by atoms with E-state index in [9.17, 15) is 4.79 Å². The van der Waals surface area contributed by atoms with E-state index in [0.717, 1.165) is 19.7 Å². The van der Waals surface area contributed by atoms with E-state index in [1.807, 2.05) is 12.1 Å². The van der Waals surface area contributed by atoms with Crippen molar-refractivity contribution in [3.05, 3.63) is 43.6 Å². The Morgan fingerprint density at radius 3 is 2.11 bits per heavy atom. The van der Waals surface area contributed by atoms with Gasteiger partial charge in [0.15, 0.2) is 0 Å². The SMILES string of the molecule is Nc1cc2[nH]c(=O)c3cc(N)c(Br)cc3c2cc1Br. The molecule has 0 amide bonds. The van der Waals surface area contributed by atoms with Crippen LogP contribution in [0, 0.1) is 0 Å². The van der Waals surface area contributed by atoms with Crippen molar-refractivity contribution in [2.75, 3.05) is 11.5 Å². The van der Waals surface area contributed by atoms with E-state index in [1.54, 1.807) is 12.1 Å². The highest BCUT2D eigenvalue weighted by molar-refractivity contribution is 9.11. The van der Waals surface area contributed by atoms with Gasteiger partial charge in [-0.3, -0.25) is 4.79 Å². The van der Waals surface area contributed by atoms with Gasteiger partial charge in [0.2, 0.25) is 0 Å². The molecule has 0 aliphatic rings. The smallest absolute Gasteiger partial charge is 0.256 e. The lowest BCUT2D eigenvalue weighted by molar-refractivity contribution is 1.34. The minimum atomic E-state index is -0.177. The van der Waals surface area contributed by atoms with Crippen molar-refractivity contribution in [2.24, 2.45) is 0 Å². The van der Waals surface area contributed by atoms with Crippen molar-refractivity contribution < 1.29 is 0 Å². The highest BCUT2D eigenvalue weighted by atomic mass is 79.9. The maximum Gasteiger partial charge on any atom is 0.256 e. The minimum Gasteiger partial charge on any atom is -0.398 e. The number of nitrogen functional groups attached to an aromatic ring is 2. The Hall–Kier alpha value is -1.53. The van der Waals surface area contributed by atoms with E-state index < -0.39 is 0 Å². The molecule has 0 aliphatic heterocycles. The molecular weight excluding hydrogens is 374 g/mol. The number of pyridine rings is 1. The molecule has 6 heteroatoms. The van der Waals surface area contributed by atoms with Gasteiger partial charge in [-0.25, -0.2) is 0 Å². The first kappa shape index (κ1) is 12.5. The lowest BCUT2D eigenvalue weighted by atomic mass is 10.1. The molecule has 0 saturated carbocycles. The Bertz CT molecular complexity index is 887. The third-order valence-electron chi connectivity index (χ3n) is 3.06. The Balaban J connectivity index is 2.61. The van der Waals surface area contributed by atoms with Crippen LogP contribution in [-0.2, 0) is 0 Å². The Labute approximate surface area is 125 Å². The fraction of sp³-hybridized carbons (Fsp3) is 0. The quantitative estimate of drug-likeness (QED) is 0.411. The van der Waals surface area contributed by atoms with E-state index in [-0.39, 0.29) is 5.56 Å². The monoisotopic (exact) mass is 381 g/mol. The summed E-state index contributed by atoms with van der Waals surface area (Å²) in [5.74, 6) is 0. The molecule has 19 heavy (non-hydrogen) atoms. The summed E-state index contributed by atoms with van der Waals surface area (Å²) < 4.78 is 1.56. The average Bonchev–Trinajstić information content (AvgIpc) is 2.35. The van der Waals surface area contributed by atoms with Gasteiger partial charge in [0.05, 0.1) is 5.52 Å². The van der Waals surface area contributed by atoms with Crippen LogP contribution in [0.25, 0.3) is 21.7 Å². The number of aromatic amines is 1. The summed E-state index contributed by atoms with van der Waals surface area (Å²) in [6.45, 7) is 0. The van der Waals surface area contributed by atoms with E-state index >= 15 is 0 Å². The fourth-order valence-electron chi connectivity index (χ4n) is 2.11. The topological polar surface area (TPSA) is 84.9 Å². The number of H-pyrrole nitrogens is 1. The van der Waals surface area contributed by atoms with Crippen LogP contribution in [0.2, 0.25) is 0 Å². The standard InChI is InChI=1S/C13H9Br2N3O/c14-8-1-5-6-2-9(15)11(17)4-12(6)18-13(19)7(5)3-10(8)16/h1-4H,16-17H2,(H,18,19). The highest BCUT2D eigenvalue weighted by Crippen LogP contribution is 2.32. The molecule has 0 spiro atoms. The summed E-state index contributed by atoms with van der Waals surface area (Å²) in [5.41, 5.74) is 13.3. The van der Waals surface area contributed by atoms with Crippen LogP contribution in [0.15, 0.2) is 38.0 Å². The predicted molar refractivity (Wildman–Crippen MR) is 86.3 cm³/mol. The number of aromatic nitrogens is 1. The van der Waals surface area contributed by atoms with Gasteiger partial charge in [0.1, 0.15) is 0 Å². The molecule has 5 N–H and O–H groups in total. The van der Waals surface area contributed by atoms with Crippen LogP contribution in [0.4, 0.5) is 11.4 Å². The largest absolute Gasteiger partial charge is 0.398 e. The second-order valence-electron chi connectivity index (χ2n) is 4.29. The fourth-order valence-corrected chi connectivity index (χ4v) is 2.79. The Morgan fingerprint density at radius 2 is 1.42 bits per heavy atom. The zero-order valence-electron chi connectivity index (χ0n) is 9.63. The van der Waals surface area contributed by atoms with Gasteiger partial charge in [-0.15, -0.1) is 0 Å². The van der Waals surface area contributed by atoms with Gasteiger partial charge in [-0.2, -0.15) is 0 Å². The molecule has 4 nitrogen and oxygen atoms in total. The van der Waals surface area contributed by atoms with Crippen molar-refractivity contribution >= 4 is 64.9 Å². The molecule has 3 rings (SSSR count). The van der Waals surface area contributed by atoms with Crippen LogP contribution in [0.1, 0.15) is 0 Å².